The van der Waals surface area contributed by atoms with E-state index in [4.69, 9.17) is 14.2 Å². The summed E-state index contributed by atoms with van der Waals surface area (Å²) in [5.41, 5.74) is -5.79. The molecule has 2 amide bonds. The molecule has 54 heavy (non-hydrogen) atoms. The van der Waals surface area contributed by atoms with E-state index >= 15 is 22.0 Å². The quantitative estimate of drug-likeness (QED) is 0.170. The second kappa shape index (κ2) is 13.4. The van der Waals surface area contributed by atoms with Gasteiger partial charge in [-0.2, -0.15) is 28.4 Å². The van der Waals surface area contributed by atoms with E-state index in [2.05, 4.69) is 15.3 Å². The van der Waals surface area contributed by atoms with Crippen LogP contribution in [0, 0.1) is 28.4 Å². The summed E-state index contributed by atoms with van der Waals surface area (Å²) in [7, 11) is 0. The van der Waals surface area contributed by atoms with E-state index in [9.17, 15) is 25.1 Å². The van der Waals surface area contributed by atoms with Gasteiger partial charge < -0.3 is 29.3 Å². The van der Waals surface area contributed by atoms with Gasteiger partial charge in [-0.05, 0) is 51.3 Å². The predicted molar refractivity (Wildman–Crippen MR) is 185 cm³/mol. The number of ether oxygens (including phenoxy) is 3. The van der Waals surface area contributed by atoms with Crippen molar-refractivity contribution < 1.29 is 56.0 Å². The molecule has 0 spiro atoms. The molecule has 3 aliphatic rings. The highest BCUT2D eigenvalue weighted by Crippen LogP contribution is 2.49. The number of carbonyl (C=O) groups is 2. The van der Waals surface area contributed by atoms with Gasteiger partial charge in [-0.1, -0.05) is 6.07 Å². The Kier molecular flexibility index (Phi) is 9.21. The number of nitrogens with zero attached hydrogens (tertiary/aromatic N) is 5. The minimum absolute atomic E-state index is 0.0416. The SMILES string of the molecule is CC(C)(C)OC(=O)Nc1sc2c(F)ccc(-c3c(C(F)(F)F)cc4c(N5CC6CCC(C5)N6C(=O)O)nc(OCC5(CO)COC5)nc4c3F)c2c1C#N. The molecule has 19 heteroatoms. The molecule has 13 nitrogen and oxygen atoms in total. The summed E-state index contributed by atoms with van der Waals surface area (Å²) < 4.78 is 94.0. The van der Waals surface area contributed by atoms with Crippen LogP contribution in [0.5, 0.6) is 6.01 Å². The monoisotopic (exact) mass is 776 g/mol. The molecule has 3 fully saturated rings. The Morgan fingerprint density at radius 1 is 1.15 bits per heavy atom. The largest absolute Gasteiger partial charge is 0.465 e. The number of aliphatic hydroxyl groups is 1. The molecule has 3 N–H and O–H groups in total. The van der Waals surface area contributed by atoms with Crippen molar-refractivity contribution in [3.05, 3.63) is 41.0 Å². The average Bonchev–Trinajstić information content (AvgIpc) is 3.57. The Balaban J connectivity index is 1.44. The summed E-state index contributed by atoms with van der Waals surface area (Å²) in [5.74, 6) is -2.54. The van der Waals surface area contributed by atoms with Gasteiger partial charge >= 0.3 is 24.4 Å². The first-order valence-corrected chi connectivity index (χ1v) is 17.6. The van der Waals surface area contributed by atoms with E-state index in [-0.39, 0.29) is 65.8 Å². The number of nitriles is 1. The number of aliphatic hydroxyl groups excluding tert-OH is 1. The number of benzene rings is 2. The molecule has 0 saturated carbocycles. The summed E-state index contributed by atoms with van der Waals surface area (Å²) in [5, 5.41) is 31.3. The van der Waals surface area contributed by atoms with Crippen LogP contribution in [0.3, 0.4) is 0 Å². The molecule has 2 atom stereocenters. The van der Waals surface area contributed by atoms with E-state index < -0.39 is 86.9 Å². The summed E-state index contributed by atoms with van der Waals surface area (Å²) in [4.78, 5) is 36.1. The number of carbonyl (C=O) groups excluding carboxylic acids is 1. The van der Waals surface area contributed by atoms with Crippen LogP contribution in [0.1, 0.15) is 44.7 Å². The Morgan fingerprint density at radius 3 is 2.39 bits per heavy atom. The Labute approximate surface area is 307 Å². The van der Waals surface area contributed by atoms with E-state index in [0.717, 1.165) is 12.1 Å². The Hall–Kier alpha value is -5.06. The fourth-order valence-corrected chi connectivity index (χ4v) is 8.24. The molecule has 2 aromatic heterocycles. The first-order valence-electron chi connectivity index (χ1n) is 16.8. The summed E-state index contributed by atoms with van der Waals surface area (Å²) >= 11 is 0.570. The number of hydrogen-bond donors (Lipinski definition) is 3. The van der Waals surface area contributed by atoms with Gasteiger partial charge in [0.2, 0.25) is 0 Å². The molecule has 4 aromatic rings. The number of anilines is 2. The average molecular weight is 777 g/mol. The van der Waals surface area contributed by atoms with Crippen LogP contribution in [0.2, 0.25) is 0 Å². The van der Waals surface area contributed by atoms with Crippen LogP contribution < -0.4 is 15.0 Å². The number of hydrogen-bond acceptors (Lipinski definition) is 11. The molecule has 2 unspecified atom stereocenters. The van der Waals surface area contributed by atoms with Crippen molar-refractivity contribution in [3.8, 4) is 23.2 Å². The van der Waals surface area contributed by atoms with Crippen LogP contribution in [0.4, 0.5) is 42.4 Å². The molecule has 3 saturated heterocycles. The maximum absolute atomic E-state index is 17.2. The number of aromatic nitrogens is 2. The molecule has 3 aliphatic heterocycles. The summed E-state index contributed by atoms with van der Waals surface area (Å²) in [6.45, 7) is 4.62. The van der Waals surface area contributed by atoms with Gasteiger partial charge in [-0.15, -0.1) is 11.3 Å². The van der Waals surface area contributed by atoms with Gasteiger partial charge in [0, 0.05) is 29.4 Å². The van der Waals surface area contributed by atoms with E-state index in [1.165, 1.54) is 4.90 Å². The van der Waals surface area contributed by atoms with Crippen LogP contribution in [0.15, 0.2) is 18.2 Å². The minimum atomic E-state index is -5.21. The topological polar surface area (TPSA) is 170 Å². The minimum Gasteiger partial charge on any atom is -0.465 e. The van der Waals surface area contributed by atoms with E-state index in [0.29, 0.717) is 30.2 Å². The summed E-state index contributed by atoms with van der Waals surface area (Å²) in [6.07, 6.45) is -6.36. The number of fused-ring (bicyclic) bond motifs is 4. The van der Waals surface area contributed by atoms with Gasteiger partial charge in [0.15, 0.2) is 5.82 Å². The van der Waals surface area contributed by atoms with Crippen molar-refractivity contribution in [2.75, 3.05) is 49.7 Å². The molecule has 5 heterocycles. The lowest BCUT2D eigenvalue weighted by molar-refractivity contribution is -0.154. The third-order valence-electron chi connectivity index (χ3n) is 9.64. The predicted octanol–water partition coefficient (Wildman–Crippen LogP) is 6.75. The number of nitrogens with one attached hydrogen (secondary N) is 1. The van der Waals surface area contributed by atoms with Crippen molar-refractivity contribution >= 4 is 55.3 Å². The number of amides is 2. The van der Waals surface area contributed by atoms with Gasteiger partial charge in [0.1, 0.15) is 40.4 Å². The van der Waals surface area contributed by atoms with Gasteiger partial charge in [0.05, 0.1) is 53.1 Å². The third-order valence-corrected chi connectivity index (χ3v) is 10.8. The molecular weight excluding hydrogens is 743 g/mol. The second-order valence-electron chi connectivity index (χ2n) is 14.6. The molecule has 0 aliphatic carbocycles. The molecule has 2 aromatic carbocycles. The second-order valence-corrected chi connectivity index (χ2v) is 15.6. The van der Waals surface area contributed by atoms with Gasteiger partial charge in [0.25, 0.3) is 0 Å². The zero-order valence-electron chi connectivity index (χ0n) is 29.0. The zero-order chi connectivity index (χ0) is 38.9. The maximum Gasteiger partial charge on any atom is 0.417 e. The van der Waals surface area contributed by atoms with Crippen molar-refractivity contribution in [3.63, 3.8) is 0 Å². The smallest absolute Gasteiger partial charge is 0.417 e. The number of alkyl halides is 3. The number of thiophene rings is 1. The number of rotatable bonds is 7. The maximum atomic E-state index is 17.2. The van der Waals surface area contributed by atoms with Crippen molar-refractivity contribution in [1.29, 1.82) is 5.26 Å². The molecule has 7 rings (SSSR count). The number of piperazine rings is 1. The van der Waals surface area contributed by atoms with Crippen LogP contribution in [0.25, 0.3) is 32.1 Å². The summed E-state index contributed by atoms with van der Waals surface area (Å²) in [6, 6.07) is 2.82. The Morgan fingerprint density at radius 2 is 1.83 bits per heavy atom. The fraction of sp³-hybridized carbons (Fsp3) is 0.457. The first kappa shape index (κ1) is 37.3. The van der Waals surface area contributed by atoms with Crippen LogP contribution in [-0.4, -0.2) is 94.5 Å². The molecular formula is C35H33F5N6O7S. The van der Waals surface area contributed by atoms with Gasteiger partial charge in [-0.25, -0.2) is 18.4 Å². The first-order chi connectivity index (χ1) is 25.4. The van der Waals surface area contributed by atoms with Crippen molar-refractivity contribution in [2.45, 2.75) is 57.5 Å². The molecule has 0 radical (unpaired) electrons. The standard InChI is InChI=1S/C35H33F5N6O7S/c1-33(2,3)53-31(48)44-29-20(9-41)23-18(6-7-22(36)27(23)54-29)24-21(35(38,39)40)8-19-26(25(24)37)42-30(52-15-34(12-47)13-51-14-34)43-28(19)45-10-16-4-5-17(11-45)46(16)32(49)50/h6-8,16-17,47H,4-5,10-15H2,1-3H3,(H,44,48)(H,49,50). The molecule has 2 bridgehead atoms. The lowest BCUT2D eigenvalue weighted by Crippen LogP contribution is -2.55. The van der Waals surface area contributed by atoms with E-state index in [1.54, 1.807) is 25.7 Å². The van der Waals surface area contributed by atoms with Crippen molar-refractivity contribution in [2.24, 2.45) is 5.41 Å². The molecule has 286 valence electrons. The van der Waals surface area contributed by atoms with E-state index in [1.807, 2.05) is 6.07 Å². The normalized spacial score (nSPS) is 19.5. The van der Waals surface area contributed by atoms with Crippen LogP contribution in [-0.2, 0) is 15.7 Å². The highest BCUT2D eigenvalue weighted by Gasteiger charge is 2.45. The zero-order valence-corrected chi connectivity index (χ0v) is 29.8. The van der Waals surface area contributed by atoms with Gasteiger partial charge in [-0.3, -0.25) is 10.2 Å². The number of halogens is 5. The Bertz CT molecular complexity index is 2210. The third kappa shape index (κ3) is 6.55. The van der Waals surface area contributed by atoms with Crippen molar-refractivity contribution in [1.82, 2.24) is 14.9 Å². The lowest BCUT2D eigenvalue weighted by Gasteiger charge is -2.40. The number of carboxylic acid groups (broad SMARTS) is 1. The highest BCUT2D eigenvalue weighted by molar-refractivity contribution is 7.23. The van der Waals surface area contributed by atoms with Crippen LogP contribution >= 0.6 is 11.3 Å². The highest BCUT2D eigenvalue weighted by atomic mass is 32.1. The lowest BCUT2D eigenvalue weighted by atomic mass is 9.88. The fourth-order valence-electron chi connectivity index (χ4n) is 7.17.